The quantitative estimate of drug-likeness (QED) is 0.720. The third-order valence-corrected chi connectivity index (χ3v) is 4.02. The molecule has 0 aliphatic rings. The van der Waals surface area contributed by atoms with Gasteiger partial charge < -0.3 is 9.52 Å². The second-order valence-electron chi connectivity index (χ2n) is 5.30. The van der Waals surface area contributed by atoms with Gasteiger partial charge in [0.25, 0.3) is 0 Å². The van der Waals surface area contributed by atoms with Crippen LogP contribution in [0.4, 0.5) is 0 Å². The number of aryl methyl sites for hydroxylation is 1. The van der Waals surface area contributed by atoms with Crippen LogP contribution in [0.1, 0.15) is 18.9 Å². The summed E-state index contributed by atoms with van der Waals surface area (Å²) in [5.74, 6) is 0.473. The molecule has 0 saturated carbocycles. The van der Waals surface area contributed by atoms with Gasteiger partial charge in [0.15, 0.2) is 5.58 Å². The van der Waals surface area contributed by atoms with Gasteiger partial charge in [-0.3, -0.25) is 0 Å². The van der Waals surface area contributed by atoms with Crippen LogP contribution in [0.3, 0.4) is 0 Å². The van der Waals surface area contributed by atoms with Crippen molar-refractivity contribution in [1.82, 2.24) is 4.98 Å². The Morgan fingerprint density at radius 1 is 1.23 bits per heavy atom. The first-order valence-electron chi connectivity index (χ1n) is 7.06. The Bertz CT molecular complexity index is 812. The zero-order chi connectivity index (χ0) is 15.7. The summed E-state index contributed by atoms with van der Waals surface area (Å²) in [5.41, 5.74) is 3.08. The van der Waals surface area contributed by atoms with E-state index in [-0.39, 0.29) is 6.10 Å². The summed E-state index contributed by atoms with van der Waals surface area (Å²) >= 11 is 12.4. The highest BCUT2D eigenvalue weighted by Gasteiger charge is 2.15. The van der Waals surface area contributed by atoms with Crippen LogP contribution in [0.2, 0.25) is 10.0 Å². The van der Waals surface area contributed by atoms with Gasteiger partial charge >= 0.3 is 0 Å². The normalized spacial score (nSPS) is 12.7. The zero-order valence-electron chi connectivity index (χ0n) is 12.0. The van der Waals surface area contributed by atoms with Gasteiger partial charge in [0.2, 0.25) is 5.89 Å². The summed E-state index contributed by atoms with van der Waals surface area (Å²) in [7, 11) is 0. The molecule has 5 heteroatoms. The van der Waals surface area contributed by atoms with E-state index in [0.29, 0.717) is 39.9 Å². The van der Waals surface area contributed by atoms with Crippen molar-refractivity contribution in [1.29, 1.82) is 0 Å². The van der Waals surface area contributed by atoms with Crippen molar-refractivity contribution in [3.8, 4) is 11.5 Å². The number of hydrogen-bond donors (Lipinski definition) is 1. The standard InChI is InChI=1S/C17H15Cl2NO2/c1-10(21)6-7-11-8-12(18)9-15-16(11)22-17(20-15)13-4-2-3-5-14(13)19/h2-5,8-10,21H,6-7H2,1H3/t10-/m1/s1. The molecule has 1 aromatic heterocycles. The summed E-state index contributed by atoms with van der Waals surface area (Å²) in [6.07, 6.45) is 0.934. The molecule has 3 nitrogen and oxygen atoms in total. The number of benzene rings is 2. The van der Waals surface area contributed by atoms with E-state index in [1.165, 1.54) is 0 Å². The van der Waals surface area contributed by atoms with E-state index in [9.17, 15) is 5.11 Å². The highest BCUT2D eigenvalue weighted by atomic mass is 35.5. The van der Waals surface area contributed by atoms with E-state index in [1.54, 1.807) is 19.1 Å². The predicted molar refractivity (Wildman–Crippen MR) is 89.5 cm³/mol. The maximum absolute atomic E-state index is 9.48. The van der Waals surface area contributed by atoms with E-state index in [1.807, 2.05) is 24.3 Å². The molecule has 3 aromatic rings. The molecule has 2 aromatic carbocycles. The van der Waals surface area contributed by atoms with Crippen LogP contribution in [0.5, 0.6) is 0 Å². The summed E-state index contributed by atoms with van der Waals surface area (Å²) in [6.45, 7) is 1.76. The monoisotopic (exact) mass is 335 g/mol. The molecule has 0 unspecified atom stereocenters. The lowest BCUT2D eigenvalue weighted by Gasteiger charge is -2.05. The minimum absolute atomic E-state index is 0.375. The third kappa shape index (κ3) is 3.12. The molecule has 114 valence electrons. The maximum atomic E-state index is 9.48. The van der Waals surface area contributed by atoms with Crippen LogP contribution < -0.4 is 0 Å². The van der Waals surface area contributed by atoms with Crippen LogP contribution in [-0.4, -0.2) is 16.2 Å². The lowest BCUT2D eigenvalue weighted by atomic mass is 10.1. The smallest absolute Gasteiger partial charge is 0.228 e. The number of oxazole rings is 1. The molecule has 1 N–H and O–H groups in total. The predicted octanol–water partition coefficient (Wildman–Crippen LogP) is 5.12. The van der Waals surface area contributed by atoms with E-state index >= 15 is 0 Å². The fourth-order valence-corrected chi connectivity index (χ4v) is 2.82. The maximum Gasteiger partial charge on any atom is 0.228 e. The number of halogens is 2. The molecule has 3 rings (SSSR count). The molecule has 0 spiro atoms. The molecule has 1 heterocycles. The number of fused-ring (bicyclic) bond motifs is 1. The van der Waals surface area contributed by atoms with Gasteiger partial charge in [-0.1, -0.05) is 35.3 Å². The molecule has 0 bridgehead atoms. The summed E-state index contributed by atoms with van der Waals surface area (Å²) in [5, 5.41) is 10.7. The van der Waals surface area contributed by atoms with Crippen molar-refractivity contribution < 1.29 is 9.52 Å². The van der Waals surface area contributed by atoms with Gasteiger partial charge in [-0.25, -0.2) is 4.98 Å². The van der Waals surface area contributed by atoms with E-state index in [2.05, 4.69) is 4.98 Å². The van der Waals surface area contributed by atoms with Crippen LogP contribution in [0, 0.1) is 0 Å². The molecule has 0 saturated heterocycles. The molecule has 0 fully saturated rings. The van der Waals surface area contributed by atoms with Crippen molar-refractivity contribution in [2.75, 3.05) is 0 Å². The molecule has 0 aliphatic carbocycles. The average molecular weight is 336 g/mol. The Morgan fingerprint density at radius 2 is 2.00 bits per heavy atom. The van der Waals surface area contributed by atoms with Crippen LogP contribution >= 0.6 is 23.2 Å². The first-order chi connectivity index (χ1) is 10.5. The zero-order valence-corrected chi connectivity index (χ0v) is 13.5. The first kappa shape index (κ1) is 15.3. The third-order valence-electron chi connectivity index (χ3n) is 3.47. The van der Waals surface area contributed by atoms with Gasteiger partial charge in [-0.05, 0) is 49.6 Å². The van der Waals surface area contributed by atoms with Crippen LogP contribution in [-0.2, 0) is 6.42 Å². The van der Waals surface area contributed by atoms with Gasteiger partial charge in [-0.15, -0.1) is 0 Å². The Morgan fingerprint density at radius 3 is 2.73 bits per heavy atom. The average Bonchev–Trinajstić information content (AvgIpc) is 2.88. The number of aromatic nitrogens is 1. The minimum atomic E-state index is -0.375. The van der Waals surface area contributed by atoms with Crippen molar-refractivity contribution in [3.63, 3.8) is 0 Å². The van der Waals surface area contributed by atoms with E-state index in [0.717, 1.165) is 11.1 Å². The van der Waals surface area contributed by atoms with Crippen LogP contribution in [0.15, 0.2) is 40.8 Å². The van der Waals surface area contributed by atoms with Crippen molar-refractivity contribution in [2.45, 2.75) is 25.9 Å². The fourth-order valence-electron chi connectivity index (χ4n) is 2.36. The fraction of sp³-hybridized carbons (Fsp3) is 0.235. The van der Waals surface area contributed by atoms with Gasteiger partial charge in [0.1, 0.15) is 5.52 Å². The second-order valence-corrected chi connectivity index (χ2v) is 6.14. The minimum Gasteiger partial charge on any atom is -0.436 e. The Hall–Kier alpha value is -1.55. The van der Waals surface area contributed by atoms with Gasteiger partial charge in [-0.2, -0.15) is 0 Å². The largest absolute Gasteiger partial charge is 0.436 e. The Kier molecular flexibility index (Phi) is 4.39. The number of aliphatic hydroxyl groups excluding tert-OH is 1. The van der Waals surface area contributed by atoms with E-state index < -0.39 is 0 Å². The van der Waals surface area contributed by atoms with Gasteiger partial charge in [0.05, 0.1) is 16.7 Å². The van der Waals surface area contributed by atoms with E-state index in [4.69, 9.17) is 27.6 Å². The highest BCUT2D eigenvalue weighted by Crippen LogP contribution is 2.33. The van der Waals surface area contributed by atoms with Crippen molar-refractivity contribution in [2.24, 2.45) is 0 Å². The molecule has 0 aliphatic heterocycles. The summed E-state index contributed by atoms with van der Waals surface area (Å²) in [4.78, 5) is 4.49. The van der Waals surface area contributed by atoms with Crippen molar-refractivity contribution in [3.05, 3.63) is 52.0 Å². The molecular weight excluding hydrogens is 321 g/mol. The molecule has 22 heavy (non-hydrogen) atoms. The number of aliphatic hydroxyl groups is 1. The topological polar surface area (TPSA) is 46.3 Å². The van der Waals surface area contributed by atoms with Crippen molar-refractivity contribution >= 4 is 34.3 Å². The lowest BCUT2D eigenvalue weighted by Crippen LogP contribution is -2.01. The second kappa shape index (κ2) is 6.29. The summed E-state index contributed by atoms with van der Waals surface area (Å²) < 4.78 is 5.92. The molecule has 1 atom stereocenters. The molecule has 0 amide bonds. The Labute approximate surface area is 138 Å². The lowest BCUT2D eigenvalue weighted by molar-refractivity contribution is 0.185. The van der Waals surface area contributed by atoms with Crippen LogP contribution in [0.25, 0.3) is 22.6 Å². The number of nitrogens with zero attached hydrogens (tertiary/aromatic N) is 1. The molecule has 0 radical (unpaired) electrons. The first-order valence-corrected chi connectivity index (χ1v) is 7.82. The number of hydrogen-bond acceptors (Lipinski definition) is 3. The van der Waals surface area contributed by atoms with Gasteiger partial charge in [0, 0.05) is 5.02 Å². The highest BCUT2D eigenvalue weighted by molar-refractivity contribution is 6.33. The molecular formula is C17H15Cl2NO2. The number of rotatable bonds is 4. The Balaban J connectivity index is 2.09. The summed E-state index contributed by atoms with van der Waals surface area (Å²) in [6, 6.07) is 11.0. The SMILES string of the molecule is C[C@@H](O)CCc1cc(Cl)cc2nc(-c3ccccc3Cl)oc12.